The Hall–Kier alpha value is 0.375. The Morgan fingerprint density at radius 1 is 1.50 bits per heavy atom. The fraction of sp³-hybridized carbons (Fsp3) is 1.00. The molecule has 14 heavy (non-hydrogen) atoms. The molecular weight excluding hydrogens is 198 g/mol. The summed E-state index contributed by atoms with van der Waals surface area (Å²) in [5.74, 6) is 0. The molecule has 1 heterocycles. The van der Waals surface area contributed by atoms with Gasteiger partial charge < -0.3 is 13.8 Å². The van der Waals surface area contributed by atoms with Crippen LogP contribution in [0.25, 0.3) is 0 Å². The van der Waals surface area contributed by atoms with Gasteiger partial charge in [0.05, 0.1) is 18.8 Å². The van der Waals surface area contributed by atoms with Gasteiger partial charge in [-0.05, 0) is 19.8 Å². The zero-order valence-electron chi connectivity index (χ0n) is 9.10. The maximum absolute atomic E-state index is 5.76. The lowest BCUT2D eigenvalue weighted by molar-refractivity contribution is 0.0391. The highest BCUT2D eigenvalue weighted by Gasteiger charge is 2.33. The molecule has 5 heteroatoms. The van der Waals surface area contributed by atoms with Gasteiger partial charge in [0.2, 0.25) is 0 Å². The van der Waals surface area contributed by atoms with Gasteiger partial charge in [0.25, 0.3) is 0 Å². The topological polar surface area (TPSA) is 27.7 Å². The van der Waals surface area contributed by atoms with E-state index in [4.69, 9.17) is 21.6 Å². The lowest BCUT2D eigenvalue weighted by atomic mass is 9.96. The van der Waals surface area contributed by atoms with Crippen LogP contribution in [0.3, 0.4) is 0 Å². The first kappa shape index (κ1) is 12.4. The fourth-order valence-corrected chi connectivity index (χ4v) is 2.65. The molecule has 0 N–H and O–H groups in total. The summed E-state index contributed by atoms with van der Waals surface area (Å²) in [6, 6.07) is -0.171. The molecule has 1 rings (SSSR count). The normalized spacial score (nSPS) is 34.6. The average Bonchev–Trinajstić information content (AvgIpc) is 2.46. The van der Waals surface area contributed by atoms with E-state index in [1.165, 1.54) is 0 Å². The highest BCUT2D eigenvalue weighted by molar-refractivity contribution is 7.46. The molecule has 0 aromatic carbocycles. The maximum atomic E-state index is 5.76. The summed E-state index contributed by atoms with van der Waals surface area (Å²) in [6.45, 7) is 6.71. The van der Waals surface area contributed by atoms with Crippen LogP contribution in [0.4, 0.5) is 0 Å². The molecule has 4 atom stereocenters. The predicted molar refractivity (Wildman–Crippen MR) is 58.7 cm³/mol. The Morgan fingerprint density at radius 2 is 2.21 bits per heavy atom. The summed E-state index contributed by atoms with van der Waals surface area (Å²) in [5, 5.41) is 0. The summed E-state index contributed by atoms with van der Waals surface area (Å²) in [4.78, 5) is 0. The molecule has 1 saturated heterocycles. The quantitative estimate of drug-likeness (QED) is 0.519. The van der Waals surface area contributed by atoms with Crippen molar-refractivity contribution in [3.8, 4) is 0 Å². The van der Waals surface area contributed by atoms with Crippen molar-refractivity contribution in [3.05, 3.63) is 0 Å². The zero-order valence-corrected chi connectivity index (χ0v) is 10.00. The summed E-state index contributed by atoms with van der Waals surface area (Å²) >= 11 is 0. The first-order valence-electron chi connectivity index (χ1n) is 5.11. The van der Waals surface area contributed by atoms with Crippen molar-refractivity contribution in [3.63, 3.8) is 0 Å². The minimum absolute atomic E-state index is 0.109. The van der Waals surface area contributed by atoms with Crippen molar-refractivity contribution >= 4 is 16.2 Å². The van der Waals surface area contributed by atoms with Crippen molar-refractivity contribution in [2.45, 2.75) is 44.9 Å². The Balaban J connectivity index is 2.35. The van der Waals surface area contributed by atoms with Crippen LogP contribution in [0, 0.1) is 0 Å². The molecule has 4 unspecified atom stereocenters. The van der Waals surface area contributed by atoms with Gasteiger partial charge in [-0.1, -0.05) is 6.92 Å². The van der Waals surface area contributed by atoms with E-state index < -0.39 is 8.38 Å². The van der Waals surface area contributed by atoms with Gasteiger partial charge in [-0.25, -0.2) is 0 Å². The van der Waals surface area contributed by atoms with E-state index in [-0.39, 0.29) is 18.2 Å². The lowest BCUT2D eigenvalue weighted by Gasteiger charge is -2.21. The van der Waals surface area contributed by atoms with Crippen LogP contribution >= 0.6 is 8.38 Å². The van der Waals surface area contributed by atoms with Crippen LogP contribution in [-0.4, -0.2) is 39.3 Å². The average molecular weight is 216 g/mol. The third-order valence-electron chi connectivity index (χ3n) is 2.23. The van der Waals surface area contributed by atoms with Gasteiger partial charge in [-0.3, -0.25) is 0 Å². The van der Waals surface area contributed by atoms with Gasteiger partial charge in [-0.2, -0.15) is 0 Å². The first-order valence-corrected chi connectivity index (χ1v) is 6.74. The largest absolute Gasteiger partial charge is 0.382 e. The number of rotatable bonds is 5. The summed E-state index contributed by atoms with van der Waals surface area (Å²) < 4.78 is 16.7. The summed E-state index contributed by atoms with van der Waals surface area (Å²) in [6.07, 6.45) is 1.96. The molecule has 1 fully saturated rings. The predicted octanol–water partition coefficient (Wildman–Crippen LogP) is 2.04. The van der Waals surface area contributed by atoms with Crippen LogP contribution in [0.1, 0.15) is 26.7 Å². The van der Waals surface area contributed by atoms with Gasteiger partial charge in [0.1, 0.15) is 7.85 Å². The molecule has 1 aliphatic rings. The molecule has 0 aromatic rings. The van der Waals surface area contributed by atoms with E-state index in [9.17, 15) is 0 Å². The smallest absolute Gasteiger partial charge is 0.167 e. The van der Waals surface area contributed by atoms with E-state index in [0.717, 1.165) is 12.8 Å². The van der Waals surface area contributed by atoms with Crippen LogP contribution < -0.4 is 0 Å². The molecule has 0 spiro atoms. The van der Waals surface area contributed by atoms with Crippen LogP contribution in [0.15, 0.2) is 0 Å². The second-order valence-corrected chi connectivity index (χ2v) is 4.71. The fourth-order valence-electron chi connectivity index (χ4n) is 1.62. The van der Waals surface area contributed by atoms with Crippen LogP contribution in [-0.2, 0) is 13.8 Å². The van der Waals surface area contributed by atoms with E-state index in [1.807, 2.05) is 13.6 Å². The van der Waals surface area contributed by atoms with E-state index in [2.05, 4.69) is 6.92 Å². The molecule has 0 aromatic heterocycles. The van der Waals surface area contributed by atoms with Crippen molar-refractivity contribution in [2.24, 2.45) is 0 Å². The van der Waals surface area contributed by atoms with Crippen molar-refractivity contribution in [2.75, 3.05) is 13.3 Å². The van der Waals surface area contributed by atoms with E-state index in [1.54, 1.807) is 0 Å². The molecule has 80 valence electrons. The molecule has 3 nitrogen and oxygen atoms in total. The zero-order chi connectivity index (χ0) is 10.6. The lowest BCUT2D eigenvalue weighted by Crippen LogP contribution is -2.22. The molecule has 0 amide bonds. The molecule has 0 aliphatic carbocycles. The standard InChI is InChI=1S/C9H18BO3P/c1-4-7-8(6-9(10)12-7)13-14(3)11-5-2/h7-9H,4-6H2,1-3H3. The first-order chi connectivity index (χ1) is 6.67. The van der Waals surface area contributed by atoms with E-state index >= 15 is 0 Å². The summed E-state index contributed by atoms with van der Waals surface area (Å²) in [5.41, 5.74) is 0. The Bertz CT molecular complexity index is 170. The SMILES string of the molecule is [B]C1CC(OP(C)OCC)C(CC)O1. The van der Waals surface area contributed by atoms with Gasteiger partial charge in [0, 0.05) is 12.7 Å². The van der Waals surface area contributed by atoms with E-state index in [0.29, 0.717) is 6.61 Å². The monoisotopic (exact) mass is 216 g/mol. The van der Waals surface area contributed by atoms with Gasteiger partial charge in [0.15, 0.2) is 8.38 Å². The Morgan fingerprint density at radius 3 is 2.79 bits per heavy atom. The second kappa shape index (κ2) is 6.07. The third kappa shape index (κ3) is 3.50. The number of ether oxygens (including phenoxy) is 1. The minimum Gasteiger partial charge on any atom is -0.382 e. The maximum Gasteiger partial charge on any atom is 0.167 e. The van der Waals surface area contributed by atoms with Crippen LogP contribution in [0.5, 0.6) is 0 Å². The molecule has 1 aliphatic heterocycles. The van der Waals surface area contributed by atoms with Crippen molar-refractivity contribution in [1.29, 1.82) is 0 Å². The highest BCUT2D eigenvalue weighted by atomic mass is 31.2. The van der Waals surface area contributed by atoms with Gasteiger partial charge >= 0.3 is 0 Å². The number of hydrogen-bond donors (Lipinski definition) is 0. The molecule has 0 bridgehead atoms. The van der Waals surface area contributed by atoms with Crippen molar-refractivity contribution < 1.29 is 13.8 Å². The highest BCUT2D eigenvalue weighted by Crippen LogP contribution is 2.39. The minimum atomic E-state index is -0.779. The second-order valence-electron chi connectivity index (χ2n) is 3.36. The molecule has 2 radical (unpaired) electrons. The molecular formula is C9H18BO3P. The number of hydrogen-bond acceptors (Lipinski definition) is 3. The van der Waals surface area contributed by atoms with Crippen molar-refractivity contribution in [1.82, 2.24) is 0 Å². The van der Waals surface area contributed by atoms with Gasteiger partial charge in [-0.15, -0.1) is 0 Å². The van der Waals surface area contributed by atoms with Crippen LogP contribution in [0.2, 0.25) is 0 Å². The Labute approximate surface area is 88.8 Å². The Kier molecular flexibility index (Phi) is 5.39. The third-order valence-corrected chi connectivity index (χ3v) is 3.42. The summed E-state index contributed by atoms with van der Waals surface area (Å²) in [7, 11) is 4.93. The molecule has 0 saturated carbocycles.